The zero-order valence-corrected chi connectivity index (χ0v) is 22.8. The van der Waals surface area contributed by atoms with Gasteiger partial charge in [0.1, 0.15) is 24.7 Å². The van der Waals surface area contributed by atoms with Gasteiger partial charge in [-0.25, -0.2) is 0 Å². The molecule has 220 valence electrons. The summed E-state index contributed by atoms with van der Waals surface area (Å²) < 4.78 is 85.6. The van der Waals surface area contributed by atoms with Gasteiger partial charge >= 0.3 is 12.4 Å². The number of ether oxygens (including phenoxy) is 2. The van der Waals surface area contributed by atoms with Crippen LogP contribution in [-0.2, 0) is 25.6 Å². The van der Waals surface area contributed by atoms with E-state index in [-0.39, 0.29) is 24.7 Å². The largest absolute Gasteiger partial charge is 0.489 e. The van der Waals surface area contributed by atoms with E-state index in [2.05, 4.69) is 0 Å². The Morgan fingerprint density at radius 3 is 1.83 bits per heavy atom. The lowest BCUT2D eigenvalue weighted by atomic mass is 10.1. The highest BCUT2D eigenvalue weighted by Crippen LogP contribution is 2.32. The summed E-state index contributed by atoms with van der Waals surface area (Å²) in [4.78, 5) is 22.2. The highest BCUT2D eigenvalue weighted by Gasteiger charge is 2.31. The van der Waals surface area contributed by atoms with Crippen molar-refractivity contribution in [1.82, 2.24) is 0 Å². The summed E-state index contributed by atoms with van der Waals surface area (Å²) in [6.45, 7) is 0.0827. The van der Waals surface area contributed by atoms with E-state index in [1.54, 1.807) is 42.5 Å². The maximum Gasteiger partial charge on any atom is 0.416 e. The van der Waals surface area contributed by atoms with Crippen molar-refractivity contribution in [2.24, 2.45) is 0 Å². The molecule has 0 aliphatic heterocycles. The van der Waals surface area contributed by atoms with Crippen molar-refractivity contribution in [3.05, 3.63) is 130 Å². The van der Waals surface area contributed by atoms with E-state index in [1.807, 2.05) is 0 Å². The zero-order chi connectivity index (χ0) is 30.9. The molecule has 0 saturated carbocycles. The summed E-state index contributed by atoms with van der Waals surface area (Å²) in [5.74, 6) is 0.382. The molecular formula is C30H20Cl2F6O4. The molecule has 0 amide bonds. The van der Waals surface area contributed by atoms with Crippen LogP contribution in [0.5, 0.6) is 11.5 Å². The lowest BCUT2D eigenvalue weighted by Gasteiger charge is -2.10. The Kier molecular flexibility index (Phi) is 11.0. The van der Waals surface area contributed by atoms with Gasteiger partial charge in [-0.05, 0) is 83.4 Å². The molecule has 0 radical (unpaired) electrons. The molecule has 0 heterocycles. The van der Waals surface area contributed by atoms with Gasteiger partial charge in [0.25, 0.3) is 10.5 Å². The van der Waals surface area contributed by atoms with Crippen molar-refractivity contribution in [2.75, 3.05) is 0 Å². The molecule has 4 aromatic carbocycles. The molecule has 0 aliphatic carbocycles. The first kappa shape index (κ1) is 32.5. The first-order valence-electron chi connectivity index (χ1n) is 11.9. The number of benzene rings is 4. The minimum absolute atomic E-state index is 0.0410. The number of carbonyl (C=O) groups is 2. The average molecular weight is 629 g/mol. The van der Waals surface area contributed by atoms with Gasteiger partial charge in [-0.3, -0.25) is 9.59 Å². The van der Waals surface area contributed by atoms with Crippen LogP contribution in [0.15, 0.2) is 97.1 Å². The second-order valence-corrected chi connectivity index (χ2v) is 9.22. The van der Waals surface area contributed by atoms with Gasteiger partial charge in [-0.15, -0.1) is 0 Å². The topological polar surface area (TPSA) is 52.6 Å². The third kappa shape index (κ3) is 9.81. The maximum atomic E-state index is 12.6. The Bertz CT molecular complexity index is 1520. The number of hydrogen-bond donors (Lipinski definition) is 0. The first-order valence-corrected chi connectivity index (χ1v) is 12.7. The van der Waals surface area contributed by atoms with Crippen molar-refractivity contribution in [2.45, 2.75) is 25.6 Å². The number of carbonyl (C=O) groups excluding carboxylic acids is 2. The van der Waals surface area contributed by atoms with Gasteiger partial charge in [0.2, 0.25) is 0 Å². The van der Waals surface area contributed by atoms with Crippen molar-refractivity contribution in [3.8, 4) is 11.5 Å². The van der Waals surface area contributed by atoms with E-state index in [0.717, 1.165) is 24.3 Å². The normalized spacial score (nSPS) is 11.2. The van der Waals surface area contributed by atoms with Crippen LogP contribution in [0.2, 0.25) is 0 Å². The highest BCUT2D eigenvalue weighted by atomic mass is 35.5. The van der Waals surface area contributed by atoms with Crippen LogP contribution in [0.3, 0.4) is 0 Å². The standard InChI is InChI=1S/2C15H10ClF3O2/c16-14(20)11-4-1-3-10(7-11)9-21-13-6-2-5-12(8-13)15(17,18)19;16-14(20)13-4-2-1-3-10(13)9-21-12-7-5-11(6-8-12)15(17,18)19/h2*1-8H,9H2. The van der Waals surface area contributed by atoms with Crippen molar-refractivity contribution >= 4 is 33.7 Å². The van der Waals surface area contributed by atoms with Gasteiger partial charge in [-0.2, -0.15) is 26.3 Å². The summed E-state index contributed by atoms with van der Waals surface area (Å²) >= 11 is 10.8. The molecule has 0 aliphatic rings. The second-order valence-electron chi connectivity index (χ2n) is 8.53. The molecule has 4 rings (SSSR count). The minimum Gasteiger partial charge on any atom is -0.489 e. The van der Waals surface area contributed by atoms with Crippen LogP contribution in [0.4, 0.5) is 26.3 Å². The first-order chi connectivity index (χ1) is 19.7. The fourth-order valence-corrected chi connectivity index (χ4v) is 3.75. The monoisotopic (exact) mass is 628 g/mol. The molecule has 0 atom stereocenters. The van der Waals surface area contributed by atoms with E-state index in [9.17, 15) is 35.9 Å². The third-order valence-electron chi connectivity index (χ3n) is 5.53. The fourth-order valence-electron chi connectivity index (χ4n) is 3.45. The Hall–Kier alpha value is -4.02. The number of alkyl halides is 6. The van der Waals surface area contributed by atoms with Crippen molar-refractivity contribution in [3.63, 3.8) is 0 Å². The van der Waals surface area contributed by atoms with E-state index >= 15 is 0 Å². The molecule has 0 unspecified atom stereocenters. The molecule has 0 aromatic heterocycles. The Morgan fingerprint density at radius 2 is 1.21 bits per heavy atom. The predicted molar refractivity (Wildman–Crippen MR) is 145 cm³/mol. The summed E-state index contributed by atoms with van der Waals surface area (Å²) in [5.41, 5.74) is 0.306. The Labute approximate surface area is 246 Å². The fraction of sp³-hybridized carbons (Fsp3) is 0.133. The molecule has 0 saturated heterocycles. The van der Waals surface area contributed by atoms with E-state index in [1.165, 1.54) is 30.3 Å². The maximum absolute atomic E-state index is 12.6. The molecule has 42 heavy (non-hydrogen) atoms. The van der Waals surface area contributed by atoms with Crippen LogP contribution in [0, 0.1) is 0 Å². The highest BCUT2D eigenvalue weighted by molar-refractivity contribution is 6.68. The van der Waals surface area contributed by atoms with Crippen LogP contribution >= 0.6 is 23.2 Å². The third-order valence-corrected chi connectivity index (χ3v) is 5.95. The van der Waals surface area contributed by atoms with Gasteiger partial charge < -0.3 is 9.47 Å². The van der Waals surface area contributed by atoms with Crippen LogP contribution in [-0.4, -0.2) is 10.5 Å². The molecule has 4 aromatic rings. The molecule has 12 heteroatoms. The van der Waals surface area contributed by atoms with Crippen molar-refractivity contribution < 1.29 is 45.4 Å². The molecule has 0 bridgehead atoms. The summed E-state index contributed by atoms with van der Waals surface area (Å²) in [7, 11) is 0. The number of halogens is 8. The van der Waals surface area contributed by atoms with E-state index < -0.39 is 34.0 Å². The van der Waals surface area contributed by atoms with Crippen LogP contribution in [0.25, 0.3) is 0 Å². The summed E-state index contributed by atoms with van der Waals surface area (Å²) in [5, 5.41) is -1.21. The lowest BCUT2D eigenvalue weighted by Crippen LogP contribution is -2.05. The summed E-state index contributed by atoms with van der Waals surface area (Å²) in [6, 6.07) is 21.9. The number of rotatable bonds is 8. The quantitative estimate of drug-likeness (QED) is 0.144. The SMILES string of the molecule is O=C(Cl)c1cccc(COc2cccc(C(F)(F)F)c2)c1.O=C(Cl)c1ccccc1COc1ccc(C(F)(F)F)cc1. The smallest absolute Gasteiger partial charge is 0.416 e. The van der Waals surface area contributed by atoms with Crippen molar-refractivity contribution in [1.29, 1.82) is 0 Å². The molecular weight excluding hydrogens is 609 g/mol. The summed E-state index contributed by atoms with van der Waals surface area (Å²) in [6.07, 6.45) is -8.79. The molecule has 0 N–H and O–H groups in total. The van der Waals surface area contributed by atoms with Crippen LogP contribution < -0.4 is 9.47 Å². The molecule has 0 fully saturated rings. The zero-order valence-electron chi connectivity index (χ0n) is 21.3. The Morgan fingerprint density at radius 1 is 0.595 bits per heavy atom. The second kappa shape index (κ2) is 14.2. The van der Waals surface area contributed by atoms with E-state index in [4.69, 9.17) is 32.7 Å². The minimum atomic E-state index is -4.41. The average Bonchev–Trinajstić information content (AvgIpc) is 2.95. The lowest BCUT2D eigenvalue weighted by molar-refractivity contribution is -0.138. The van der Waals surface area contributed by atoms with Gasteiger partial charge in [-0.1, -0.05) is 42.5 Å². The number of hydrogen-bond acceptors (Lipinski definition) is 4. The Balaban J connectivity index is 0.000000230. The predicted octanol–water partition coefficient (Wildman–Crippen LogP) is 9.33. The van der Waals surface area contributed by atoms with Gasteiger partial charge in [0.15, 0.2) is 0 Å². The van der Waals surface area contributed by atoms with Gasteiger partial charge in [0.05, 0.1) is 11.1 Å². The van der Waals surface area contributed by atoms with E-state index in [0.29, 0.717) is 22.3 Å². The molecule has 4 nitrogen and oxygen atoms in total. The molecule has 0 spiro atoms. The van der Waals surface area contributed by atoms with Crippen LogP contribution in [0.1, 0.15) is 43.0 Å². The van der Waals surface area contributed by atoms with Gasteiger partial charge in [0, 0.05) is 16.7 Å².